The van der Waals surface area contributed by atoms with E-state index in [4.69, 9.17) is 0 Å². The van der Waals surface area contributed by atoms with Crippen molar-refractivity contribution in [2.45, 2.75) is 35.9 Å². The minimum absolute atomic E-state index is 0.0842. The van der Waals surface area contributed by atoms with E-state index in [2.05, 4.69) is 0 Å². The molecule has 9 nitrogen and oxygen atoms in total. The van der Waals surface area contributed by atoms with Crippen molar-refractivity contribution >= 4 is 31.6 Å². The van der Waals surface area contributed by atoms with Crippen LogP contribution in [0, 0.1) is 29.6 Å². The summed E-state index contributed by atoms with van der Waals surface area (Å²) in [5.41, 5.74) is -1.82. The molecule has 3 aromatic carbocycles. The van der Waals surface area contributed by atoms with Gasteiger partial charge in [0.1, 0.15) is 6.04 Å². The summed E-state index contributed by atoms with van der Waals surface area (Å²) in [6.45, 7) is 2.93. The molecule has 0 bridgehead atoms. The van der Waals surface area contributed by atoms with Crippen molar-refractivity contribution in [2.24, 2.45) is 0 Å². The van der Waals surface area contributed by atoms with E-state index >= 15 is 0 Å². The van der Waals surface area contributed by atoms with Crippen LogP contribution >= 0.6 is 0 Å². The molecule has 0 radical (unpaired) electrons. The topological polar surface area (TPSA) is 139 Å². The third-order valence-corrected chi connectivity index (χ3v) is 9.48. The van der Waals surface area contributed by atoms with E-state index in [1.165, 1.54) is 37.3 Å². The number of anilines is 1. The van der Waals surface area contributed by atoms with Crippen LogP contribution in [0.3, 0.4) is 0 Å². The number of urea groups is 1. The van der Waals surface area contributed by atoms with Gasteiger partial charge in [0.05, 0.1) is 44.3 Å². The molecule has 0 aromatic heterocycles. The Hall–Kier alpha value is -4.66. The first-order valence-electron chi connectivity index (χ1n) is 12.0. The normalized spacial score (nSPS) is 16.3. The number of hydrogen-bond donors (Lipinski definition) is 0. The van der Waals surface area contributed by atoms with Gasteiger partial charge in [0.2, 0.25) is 0 Å². The first kappa shape index (κ1) is 30.3. The zero-order valence-electron chi connectivity index (χ0n) is 22.2. The average molecular weight is 615 g/mol. The molecular weight excluding hydrogens is 593 g/mol. The second-order valence-corrected chi connectivity index (χ2v) is 13.2. The van der Waals surface area contributed by atoms with Crippen LogP contribution < -0.4 is 4.90 Å². The number of carbonyl (C=O) groups excluding carboxylic acids is 1. The molecule has 216 valence electrons. The molecule has 0 fully saturated rings. The number of nitriles is 2. The fourth-order valence-electron chi connectivity index (χ4n) is 4.55. The number of nitrogens with zero attached hydrogens (tertiary/aromatic N) is 4. The third kappa shape index (κ3) is 5.34. The van der Waals surface area contributed by atoms with Crippen molar-refractivity contribution in [1.82, 2.24) is 4.31 Å². The largest absolute Gasteiger partial charge is 0.416 e. The highest BCUT2D eigenvalue weighted by Gasteiger charge is 2.48. The van der Waals surface area contributed by atoms with Gasteiger partial charge < -0.3 is 0 Å². The molecule has 42 heavy (non-hydrogen) atoms. The highest BCUT2D eigenvalue weighted by molar-refractivity contribution is 7.91. The summed E-state index contributed by atoms with van der Waals surface area (Å²) in [5.74, 6) is 0. The number of alkyl halides is 3. The minimum atomic E-state index is -4.87. The fraction of sp³-hybridized carbons (Fsp3) is 0.179. The van der Waals surface area contributed by atoms with Crippen LogP contribution in [0.1, 0.15) is 35.2 Å². The number of rotatable bonds is 5. The molecule has 1 atom stereocenters. The average Bonchev–Trinajstić information content (AvgIpc) is 2.91. The molecule has 1 aliphatic heterocycles. The van der Waals surface area contributed by atoms with Crippen molar-refractivity contribution < 1.29 is 34.8 Å². The maximum atomic E-state index is 14.2. The maximum absolute atomic E-state index is 14.2. The number of amides is 2. The summed E-state index contributed by atoms with van der Waals surface area (Å²) in [5, 5.41) is 19.6. The lowest BCUT2D eigenvalue weighted by Gasteiger charge is -2.41. The number of sulfonamides is 1. The van der Waals surface area contributed by atoms with Gasteiger partial charge in [0.15, 0.2) is 9.84 Å². The Morgan fingerprint density at radius 3 is 2.07 bits per heavy atom. The first-order chi connectivity index (χ1) is 19.5. The van der Waals surface area contributed by atoms with Gasteiger partial charge in [-0.15, -0.1) is 0 Å². The molecule has 0 spiro atoms. The van der Waals surface area contributed by atoms with Crippen molar-refractivity contribution in [3.05, 3.63) is 100 Å². The summed E-state index contributed by atoms with van der Waals surface area (Å²) >= 11 is 0. The van der Waals surface area contributed by atoms with E-state index in [-0.39, 0.29) is 27.4 Å². The van der Waals surface area contributed by atoms with Gasteiger partial charge in [0.25, 0.3) is 10.0 Å². The Morgan fingerprint density at radius 2 is 1.52 bits per heavy atom. The summed E-state index contributed by atoms with van der Waals surface area (Å²) in [4.78, 5) is 13.9. The van der Waals surface area contributed by atoms with Crippen LogP contribution in [0.25, 0.3) is 0 Å². The minimum Gasteiger partial charge on any atom is -0.265 e. The maximum Gasteiger partial charge on any atom is 0.416 e. The number of allylic oxidation sites excluding steroid dienone is 1. The SMILES string of the molecule is CC1=C(C#N)C(c2ccc(C#N)cc2S(C)(=O)=O)N(S(=O)(=O)c2ccc(C)cc2)C(=O)N1c1cccc(C(F)(F)F)c1. The van der Waals surface area contributed by atoms with Crippen molar-refractivity contribution in [3.8, 4) is 12.1 Å². The second-order valence-electron chi connectivity index (χ2n) is 9.43. The quantitative estimate of drug-likeness (QED) is 0.372. The van der Waals surface area contributed by atoms with E-state index in [0.29, 0.717) is 20.8 Å². The number of hydrogen-bond acceptors (Lipinski definition) is 7. The van der Waals surface area contributed by atoms with Gasteiger partial charge in [-0.1, -0.05) is 29.8 Å². The molecule has 1 unspecified atom stereocenters. The molecule has 0 N–H and O–H groups in total. The number of aryl methyl sites for hydroxylation is 1. The lowest BCUT2D eigenvalue weighted by molar-refractivity contribution is -0.137. The molecular formula is C28H21F3N4O5S2. The zero-order chi connectivity index (χ0) is 31.2. The monoisotopic (exact) mass is 614 g/mol. The van der Waals surface area contributed by atoms with Crippen LogP contribution in [-0.2, 0) is 26.0 Å². The Labute approximate surface area is 240 Å². The molecule has 14 heteroatoms. The summed E-state index contributed by atoms with van der Waals surface area (Å²) in [7, 11) is -9.04. The van der Waals surface area contributed by atoms with Crippen molar-refractivity contribution in [3.63, 3.8) is 0 Å². The third-order valence-electron chi connectivity index (χ3n) is 6.58. The molecule has 0 saturated carbocycles. The lowest BCUT2D eigenvalue weighted by atomic mass is 9.94. The van der Waals surface area contributed by atoms with E-state index in [1.807, 2.05) is 6.07 Å². The van der Waals surface area contributed by atoms with Crippen LogP contribution in [0.2, 0.25) is 0 Å². The van der Waals surface area contributed by atoms with Gasteiger partial charge in [-0.3, -0.25) is 4.90 Å². The van der Waals surface area contributed by atoms with E-state index in [9.17, 15) is 45.3 Å². The lowest BCUT2D eigenvalue weighted by Crippen LogP contribution is -2.52. The van der Waals surface area contributed by atoms with Gasteiger partial charge in [0, 0.05) is 12.0 Å². The van der Waals surface area contributed by atoms with Crippen LogP contribution in [0.15, 0.2) is 87.8 Å². The molecule has 2 amide bonds. The van der Waals surface area contributed by atoms with E-state index in [1.54, 1.807) is 13.0 Å². The summed E-state index contributed by atoms with van der Waals surface area (Å²) in [6, 6.07) is 12.7. The molecule has 3 aromatic rings. The van der Waals surface area contributed by atoms with Crippen molar-refractivity contribution in [2.75, 3.05) is 11.2 Å². The van der Waals surface area contributed by atoms with E-state index in [0.717, 1.165) is 36.6 Å². The number of benzene rings is 3. The standard InChI is InChI=1S/C28H21F3N4O5S2/c1-17-7-10-22(11-8-17)42(39,40)35-26(23-12-9-19(15-32)13-25(23)41(3,37)38)24(16-33)18(2)34(27(35)36)21-6-4-5-20(14-21)28(29,30)31/h4-14,26H,1-3H3. The van der Waals surface area contributed by atoms with Gasteiger partial charge in [-0.25, -0.2) is 25.9 Å². The Balaban J connectivity index is 2.11. The molecule has 1 aliphatic rings. The predicted molar refractivity (Wildman–Crippen MR) is 145 cm³/mol. The predicted octanol–water partition coefficient (Wildman–Crippen LogP) is 5.46. The van der Waals surface area contributed by atoms with Crippen LogP contribution in [-0.4, -0.2) is 33.4 Å². The van der Waals surface area contributed by atoms with Crippen LogP contribution in [0.5, 0.6) is 0 Å². The summed E-state index contributed by atoms with van der Waals surface area (Å²) in [6.07, 6.45) is -3.98. The smallest absolute Gasteiger partial charge is 0.265 e. The van der Waals surface area contributed by atoms with Gasteiger partial charge in [-0.05, 0) is 61.9 Å². The molecule has 0 aliphatic carbocycles. The van der Waals surface area contributed by atoms with Gasteiger partial charge in [-0.2, -0.15) is 23.7 Å². The highest BCUT2D eigenvalue weighted by atomic mass is 32.2. The van der Waals surface area contributed by atoms with E-state index < -0.39 is 54.1 Å². The number of sulfone groups is 1. The van der Waals surface area contributed by atoms with Crippen LogP contribution in [0.4, 0.5) is 23.7 Å². The summed E-state index contributed by atoms with van der Waals surface area (Å²) < 4.78 is 94.8. The number of carbonyl (C=O) groups is 1. The zero-order valence-corrected chi connectivity index (χ0v) is 23.8. The fourth-order valence-corrected chi connectivity index (χ4v) is 6.99. The molecule has 1 heterocycles. The Kier molecular flexibility index (Phi) is 7.67. The van der Waals surface area contributed by atoms with Crippen molar-refractivity contribution in [1.29, 1.82) is 10.5 Å². The first-order valence-corrected chi connectivity index (χ1v) is 15.3. The molecule has 4 rings (SSSR count). The second kappa shape index (κ2) is 10.6. The molecule has 0 saturated heterocycles. The number of halogens is 3. The highest BCUT2D eigenvalue weighted by Crippen LogP contribution is 2.44. The van der Waals surface area contributed by atoms with Gasteiger partial charge >= 0.3 is 12.2 Å². The Morgan fingerprint density at radius 1 is 0.881 bits per heavy atom. The Bertz CT molecular complexity index is 1940.